The van der Waals surface area contributed by atoms with E-state index in [-0.39, 0.29) is 30.3 Å². The van der Waals surface area contributed by atoms with Crippen LogP contribution in [0.5, 0.6) is 5.88 Å². The van der Waals surface area contributed by atoms with Gasteiger partial charge in [-0.1, -0.05) is 17.7 Å². The molecule has 1 aromatic carbocycles. The van der Waals surface area contributed by atoms with Crippen molar-refractivity contribution in [2.75, 3.05) is 43.5 Å². The van der Waals surface area contributed by atoms with E-state index in [1.165, 1.54) is 0 Å². The second-order valence-electron chi connectivity index (χ2n) is 8.53. The van der Waals surface area contributed by atoms with Crippen LogP contribution in [0.3, 0.4) is 0 Å². The lowest BCUT2D eigenvalue weighted by atomic mass is 10.0. The van der Waals surface area contributed by atoms with E-state index in [0.29, 0.717) is 25.5 Å². The summed E-state index contributed by atoms with van der Waals surface area (Å²) in [5.41, 5.74) is 1.99. The number of hydrogen-bond acceptors (Lipinski definition) is 6. The topological polar surface area (TPSA) is 78.9 Å². The number of piperidine rings is 1. The zero-order chi connectivity index (χ0) is 22.0. The van der Waals surface area contributed by atoms with Gasteiger partial charge in [0.05, 0.1) is 12.5 Å². The molecule has 2 amide bonds. The Balaban J connectivity index is 1.36. The average Bonchev–Trinajstić information content (AvgIpc) is 3.16. The summed E-state index contributed by atoms with van der Waals surface area (Å²) in [6, 6.07) is 11.5. The van der Waals surface area contributed by atoms with E-state index in [1.807, 2.05) is 61.2 Å². The Morgan fingerprint density at radius 1 is 1.10 bits per heavy atom. The summed E-state index contributed by atoms with van der Waals surface area (Å²) >= 11 is 0. The lowest BCUT2D eigenvalue weighted by molar-refractivity contribution is -0.138. The van der Waals surface area contributed by atoms with E-state index in [9.17, 15) is 9.59 Å². The molecular formula is C23H29N5O3. The van der Waals surface area contributed by atoms with E-state index in [2.05, 4.69) is 10.2 Å². The lowest BCUT2D eigenvalue weighted by Crippen LogP contribution is -2.47. The van der Waals surface area contributed by atoms with Crippen molar-refractivity contribution >= 4 is 23.3 Å². The number of amides is 2. The predicted molar refractivity (Wildman–Crippen MR) is 118 cm³/mol. The van der Waals surface area contributed by atoms with Gasteiger partial charge < -0.3 is 19.4 Å². The monoisotopic (exact) mass is 423 g/mol. The standard InChI is InChI=1S/C23H29N5O3/c1-16-6-8-18(9-7-16)28-14-17(13-22(28)29)23(30)27-12-4-5-19(15-27)31-21-11-10-20(24-25-21)26(2)3/h6-11,17,19H,4-5,12-15H2,1-3H3. The molecular weight excluding hydrogens is 394 g/mol. The van der Waals surface area contributed by atoms with E-state index in [1.54, 1.807) is 11.0 Å². The molecule has 4 rings (SSSR count). The summed E-state index contributed by atoms with van der Waals surface area (Å²) in [6.07, 6.45) is 1.86. The summed E-state index contributed by atoms with van der Waals surface area (Å²) in [5.74, 6) is 0.948. The molecule has 2 aromatic rings. The molecule has 1 aromatic heterocycles. The number of likely N-dealkylation sites (tertiary alicyclic amines) is 1. The Morgan fingerprint density at radius 2 is 1.87 bits per heavy atom. The number of nitrogens with zero attached hydrogens (tertiary/aromatic N) is 5. The van der Waals surface area contributed by atoms with Crippen molar-refractivity contribution in [3.63, 3.8) is 0 Å². The first-order chi connectivity index (χ1) is 14.9. The molecule has 2 aliphatic heterocycles. The van der Waals surface area contributed by atoms with E-state index in [0.717, 1.165) is 29.9 Å². The number of carbonyl (C=O) groups is 2. The third-order valence-corrected chi connectivity index (χ3v) is 5.88. The predicted octanol–water partition coefficient (Wildman–Crippen LogP) is 2.27. The van der Waals surface area contributed by atoms with Gasteiger partial charge in [-0.05, 0) is 38.0 Å². The summed E-state index contributed by atoms with van der Waals surface area (Å²) in [6.45, 7) is 3.64. The minimum atomic E-state index is -0.313. The molecule has 31 heavy (non-hydrogen) atoms. The number of aryl methyl sites for hydroxylation is 1. The van der Waals surface area contributed by atoms with Crippen LogP contribution in [0.15, 0.2) is 36.4 Å². The van der Waals surface area contributed by atoms with Gasteiger partial charge >= 0.3 is 0 Å². The van der Waals surface area contributed by atoms with Crippen molar-refractivity contribution in [3.8, 4) is 5.88 Å². The minimum Gasteiger partial charge on any atom is -0.471 e. The average molecular weight is 424 g/mol. The molecule has 8 heteroatoms. The highest BCUT2D eigenvalue weighted by Gasteiger charge is 2.38. The van der Waals surface area contributed by atoms with Gasteiger partial charge in [-0.3, -0.25) is 9.59 Å². The van der Waals surface area contributed by atoms with Gasteiger partial charge in [-0.15, -0.1) is 10.2 Å². The van der Waals surface area contributed by atoms with Crippen molar-refractivity contribution < 1.29 is 14.3 Å². The highest BCUT2D eigenvalue weighted by Crippen LogP contribution is 2.28. The van der Waals surface area contributed by atoms with Crippen LogP contribution < -0.4 is 14.5 Å². The summed E-state index contributed by atoms with van der Waals surface area (Å²) in [7, 11) is 3.81. The first-order valence-corrected chi connectivity index (χ1v) is 10.7. The van der Waals surface area contributed by atoms with Gasteiger partial charge in [0, 0.05) is 45.4 Å². The SMILES string of the molecule is Cc1ccc(N2CC(C(=O)N3CCCC(Oc4ccc(N(C)C)nn4)C3)CC2=O)cc1. The molecule has 0 saturated carbocycles. The largest absolute Gasteiger partial charge is 0.471 e. The molecule has 0 N–H and O–H groups in total. The number of benzene rings is 1. The van der Waals surface area contributed by atoms with Crippen molar-refractivity contribution in [3.05, 3.63) is 42.0 Å². The summed E-state index contributed by atoms with van der Waals surface area (Å²) in [4.78, 5) is 31.1. The smallest absolute Gasteiger partial charge is 0.233 e. The number of ether oxygens (including phenoxy) is 1. The van der Waals surface area contributed by atoms with Crippen LogP contribution in [0.1, 0.15) is 24.8 Å². The Kier molecular flexibility index (Phi) is 6.06. The number of rotatable bonds is 5. The Bertz CT molecular complexity index is 929. The van der Waals surface area contributed by atoms with Crippen molar-refractivity contribution in [1.82, 2.24) is 15.1 Å². The van der Waals surface area contributed by atoms with Gasteiger partial charge in [-0.2, -0.15) is 0 Å². The number of carbonyl (C=O) groups excluding carboxylic acids is 2. The Hall–Kier alpha value is -3.16. The molecule has 2 aliphatic rings. The first kappa shape index (κ1) is 21.1. The zero-order valence-corrected chi connectivity index (χ0v) is 18.3. The quantitative estimate of drug-likeness (QED) is 0.734. The summed E-state index contributed by atoms with van der Waals surface area (Å²) < 4.78 is 5.99. The van der Waals surface area contributed by atoms with E-state index >= 15 is 0 Å². The molecule has 0 aliphatic carbocycles. The van der Waals surface area contributed by atoms with Gasteiger partial charge in [0.2, 0.25) is 17.7 Å². The van der Waals surface area contributed by atoms with Gasteiger partial charge in [0.15, 0.2) is 5.82 Å². The second-order valence-corrected chi connectivity index (χ2v) is 8.53. The van der Waals surface area contributed by atoms with Gasteiger partial charge in [0.25, 0.3) is 0 Å². The maximum atomic E-state index is 13.2. The molecule has 0 spiro atoms. The van der Waals surface area contributed by atoms with Crippen LogP contribution >= 0.6 is 0 Å². The fourth-order valence-corrected chi connectivity index (χ4v) is 4.13. The first-order valence-electron chi connectivity index (χ1n) is 10.7. The molecule has 0 radical (unpaired) electrons. The third kappa shape index (κ3) is 4.78. The zero-order valence-electron chi connectivity index (χ0n) is 18.3. The molecule has 2 unspecified atom stereocenters. The van der Waals surface area contributed by atoms with Crippen LogP contribution in [0.2, 0.25) is 0 Å². The van der Waals surface area contributed by atoms with Crippen LogP contribution in [0.25, 0.3) is 0 Å². The van der Waals surface area contributed by atoms with Gasteiger partial charge in [0.1, 0.15) is 6.10 Å². The number of anilines is 2. The van der Waals surface area contributed by atoms with Crippen LogP contribution in [-0.4, -0.2) is 66.7 Å². The highest BCUT2D eigenvalue weighted by atomic mass is 16.5. The molecule has 2 saturated heterocycles. The normalized spacial score (nSPS) is 21.3. The third-order valence-electron chi connectivity index (χ3n) is 5.88. The summed E-state index contributed by atoms with van der Waals surface area (Å²) in [5, 5.41) is 8.27. The van der Waals surface area contributed by atoms with Crippen molar-refractivity contribution in [2.45, 2.75) is 32.3 Å². The number of hydrogen-bond donors (Lipinski definition) is 0. The van der Waals surface area contributed by atoms with Gasteiger partial charge in [-0.25, -0.2) is 0 Å². The van der Waals surface area contributed by atoms with Crippen LogP contribution in [0, 0.1) is 12.8 Å². The lowest BCUT2D eigenvalue weighted by Gasteiger charge is -2.34. The minimum absolute atomic E-state index is 0.00303. The van der Waals surface area contributed by atoms with E-state index in [4.69, 9.17) is 4.74 Å². The van der Waals surface area contributed by atoms with Crippen LogP contribution in [-0.2, 0) is 9.59 Å². The van der Waals surface area contributed by atoms with Crippen LogP contribution in [0.4, 0.5) is 11.5 Å². The molecule has 2 atom stereocenters. The fourth-order valence-electron chi connectivity index (χ4n) is 4.13. The Morgan fingerprint density at radius 3 is 2.55 bits per heavy atom. The van der Waals surface area contributed by atoms with Crippen molar-refractivity contribution in [2.24, 2.45) is 5.92 Å². The molecule has 2 fully saturated rings. The molecule has 164 valence electrons. The Labute approximate surface area is 182 Å². The molecule has 0 bridgehead atoms. The fraction of sp³-hybridized carbons (Fsp3) is 0.478. The number of aromatic nitrogens is 2. The molecule has 3 heterocycles. The van der Waals surface area contributed by atoms with Crippen molar-refractivity contribution in [1.29, 1.82) is 0 Å². The maximum Gasteiger partial charge on any atom is 0.233 e. The maximum absolute atomic E-state index is 13.2. The highest BCUT2D eigenvalue weighted by molar-refractivity contribution is 6.00. The molecule has 8 nitrogen and oxygen atoms in total. The van der Waals surface area contributed by atoms with E-state index < -0.39 is 0 Å². The second kappa shape index (κ2) is 8.91.